The normalized spacial score (nSPS) is 11.8. The molecule has 3 N–H and O–H groups in total. The predicted octanol–water partition coefficient (Wildman–Crippen LogP) is 1.83. The summed E-state index contributed by atoms with van der Waals surface area (Å²) < 4.78 is 0. The van der Waals surface area contributed by atoms with Gasteiger partial charge < -0.3 is 10.8 Å². The summed E-state index contributed by atoms with van der Waals surface area (Å²) in [4.78, 5) is 0. The molecule has 0 aliphatic heterocycles. The third kappa shape index (κ3) is 2.78. The van der Waals surface area contributed by atoms with Gasteiger partial charge in [-0.1, -0.05) is 12.1 Å². The molecule has 62 valence electrons. The maximum absolute atomic E-state index is 8.90. The Morgan fingerprint density at radius 2 is 1.73 bits per heavy atom. The van der Waals surface area contributed by atoms with Gasteiger partial charge in [0.05, 0.1) is 0 Å². The maximum Gasteiger partial charge on any atom is 0.115 e. The van der Waals surface area contributed by atoms with E-state index in [4.69, 9.17) is 10.8 Å². The summed E-state index contributed by atoms with van der Waals surface area (Å²) in [6, 6.07) is 6.96. The summed E-state index contributed by atoms with van der Waals surface area (Å²) in [7, 11) is 0. The Bertz CT molecular complexity index is 208. The fraction of sp³-hybridized carbons (Fsp3) is 0.250. The number of phenolic OH excluding ortho intramolecular Hbond substituents is 1. The third-order valence-electron chi connectivity index (χ3n) is 1.42. The Morgan fingerprint density at radius 1 is 1.27 bits per heavy atom. The van der Waals surface area contributed by atoms with Gasteiger partial charge in [-0.05, 0) is 24.6 Å². The smallest absolute Gasteiger partial charge is 0.115 e. The molecule has 0 heterocycles. The maximum atomic E-state index is 8.90. The van der Waals surface area contributed by atoms with E-state index in [1.54, 1.807) is 12.1 Å². The minimum absolute atomic E-state index is 0. The first-order valence-electron chi connectivity index (χ1n) is 3.24. The van der Waals surface area contributed by atoms with Crippen molar-refractivity contribution in [2.24, 2.45) is 5.73 Å². The summed E-state index contributed by atoms with van der Waals surface area (Å²) in [5.74, 6) is 0.282. The molecule has 1 rings (SSSR count). The highest BCUT2D eigenvalue weighted by Gasteiger charge is 1.96. The van der Waals surface area contributed by atoms with Gasteiger partial charge in [0.25, 0.3) is 0 Å². The van der Waals surface area contributed by atoms with Crippen LogP contribution >= 0.6 is 12.4 Å². The second-order valence-corrected chi connectivity index (χ2v) is 2.38. The van der Waals surface area contributed by atoms with Gasteiger partial charge in [-0.25, -0.2) is 0 Å². The highest BCUT2D eigenvalue weighted by atomic mass is 35.5. The van der Waals surface area contributed by atoms with Crippen molar-refractivity contribution in [1.82, 2.24) is 0 Å². The fourth-order valence-corrected chi connectivity index (χ4v) is 0.778. The fourth-order valence-electron chi connectivity index (χ4n) is 0.778. The van der Waals surface area contributed by atoms with Crippen molar-refractivity contribution in [1.29, 1.82) is 0 Å². The van der Waals surface area contributed by atoms with Crippen LogP contribution in [0.4, 0.5) is 0 Å². The topological polar surface area (TPSA) is 46.2 Å². The number of benzene rings is 1. The monoisotopic (exact) mass is 173 g/mol. The summed E-state index contributed by atoms with van der Waals surface area (Å²) >= 11 is 0. The summed E-state index contributed by atoms with van der Waals surface area (Å²) in [5, 5.41) is 8.90. The largest absolute Gasteiger partial charge is 0.508 e. The highest BCUT2D eigenvalue weighted by Crippen LogP contribution is 2.13. The zero-order chi connectivity index (χ0) is 7.56. The third-order valence-corrected chi connectivity index (χ3v) is 1.42. The Balaban J connectivity index is 0.000001000. The first-order valence-corrected chi connectivity index (χ1v) is 3.24. The molecular weight excluding hydrogens is 162 g/mol. The lowest BCUT2D eigenvalue weighted by molar-refractivity contribution is 0.475. The number of phenols is 1. The van der Waals surface area contributed by atoms with Gasteiger partial charge in [-0.15, -0.1) is 12.4 Å². The lowest BCUT2D eigenvalue weighted by atomic mass is 10.1. The van der Waals surface area contributed by atoms with Gasteiger partial charge >= 0.3 is 0 Å². The number of halogens is 1. The summed E-state index contributed by atoms with van der Waals surface area (Å²) in [5.41, 5.74) is 6.62. The van der Waals surface area contributed by atoms with Crippen LogP contribution in [0.3, 0.4) is 0 Å². The van der Waals surface area contributed by atoms with Gasteiger partial charge in [0.2, 0.25) is 0 Å². The van der Waals surface area contributed by atoms with Crippen LogP contribution in [0.25, 0.3) is 0 Å². The van der Waals surface area contributed by atoms with E-state index in [0.717, 1.165) is 5.56 Å². The van der Waals surface area contributed by atoms with Gasteiger partial charge in [0, 0.05) is 6.04 Å². The molecule has 0 amide bonds. The summed E-state index contributed by atoms with van der Waals surface area (Å²) in [6.07, 6.45) is 0. The number of nitrogens with two attached hydrogens (primary N) is 1. The van der Waals surface area contributed by atoms with E-state index in [1.165, 1.54) is 0 Å². The lowest BCUT2D eigenvalue weighted by Gasteiger charge is -2.03. The molecule has 3 heteroatoms. The molecule has 1 aromatic carbocycles. The van der Waals surface area contributed by atoms with Crippen molar-refractivity contribution in [3.8, 4) is 5.75 Å². The van der Waals surface area contributed by atoms with Crippen molar-refractivity contribution in [3.05, 3.63) is 29.8 Å². The molecule has 0 radical (unpaired) electrons. The number of hydrogen-bond donors (Lipinski definition) is 2. The van der Waals surface area contributed by atoms with Crippen molar-refractivity contribution >= 4 is 12.4 Å². The second kappa shape index (κ2) is 4.21. The zero-order valence-electron chi connectivity index (χ0n) is 6.32. The van der Waals surface area contributed by atoms with Gasteiger partial charge in [-0.2, -0.15) is 0 Å². The highest BCUT2D eigenvalue weighted by molar-refractivity contribution is 5.85. The van der Waals surface area contributed by atoms with Crippen LogP contribution in [0.5, 0.6) is 5.75 Å². The molecule has 2 nitrogen and oxygen atoms in total. The lowest BCUT2D eigenvalue weighted by Crippen LogP contribution is -2.03. The van der Waals surface area contributed by atoms with E-state index < -0.39 is 0 Å². The molecular formula is C8H12ClNO. The van der Waals surface area contributed by atoms with E-state index in [2.05, 4.69) is 0 Å². The Labute approximate surface area is 72.4 Å². The number of aromatic hydroxyl groups is 1. The molecule has 0 aliphatic carbocycles. The van der Waals surface area contributed by atoms with Crippen LogP contribution in [-0.2, 0) is 0 Å². The van der Waals surface area contributed by atoms with Crippen LogP contribution in [0.2, 0.25) is 0 Å². The molecule has 0 aromatic heterocycles. The summed E-state index contributed by atoms with van der Waals surface area (Å²) in [6.45, 7) is 1.91. The minimum Gasteiger partial charge on any atom is -0.508 e. The van der Waals surface area contributed by atoms with Crippen molar-refractivity contribution in [3.63, 3.8) is 0 Å². The van der Waals surface area contributed by atoms with Crippen LogP contribution in [0.15, 0.2) is 24.3 Å². The average molecular weight is 174 g/mol. The van der Waals surface area contributed by atoms with Crippen LogP contribution in [0, 0.1) is 0 Å². The van der Waals surface area contributed by atoms with Gasteiger partial charge in [-0.3, -0.25) is 0 Å². The minimum atomic E-state index is 0. The van der Waals surface area contributed by atoms with Crippen molar-refractivity contribution in [2.75, 3.05) is 0 Å². The molecule has 1 aromatic rings. The SMILES string of the molecule is CC(N)c1ccc(O)cc1.Cl. The predicted molar refractivity (Wildman–Crippen MR) is 48.0 cm³/mol. The van der Waals surface area contributed by atoms with E-state index in [1.807, 2.05) is 19.1 Å². The van der Waals surface area contributed by atoms with Gasteiger partial charge in [0.1, 0.15) is 5.75 Å². The number of hydrogen-bond acceptors (Lipinski definition) is 2. The molecule has 0 fully saturated rings. The van der Waals surface area contributed by atoms with E-state index in [9.17, 15) is 0 Å². The molecule has 0 bridgehead atoms. The molecule has 0 aliphatic rings. The average Bonchev–Trinajstić information content (AvgIpc) is 1.88. The van der Waals surface area contributed by atoms with E-state index >= 15 is 0 Å². The van der Waals surface area contributed by atoms with Crippen LogP contribution < -0.4 is 5.73 Å². The quantitative estimate of drug-likeness (QED) is 0.681. The molecule has 1 unspecified atom stereocenters. The van der Waals surface area contributed by atoms with Crippen molar-refractivity contribution < 1.29 is 5.11 Å². The number of rotatable bonds is 1. The molecule has 0 saturated carbocycles. The molecule has 11 heavy (non-hydrogen) atoms. The van der Waals surface area contributed by atoms with E-state index in [0.29, 0.717) is 0 Å². The standard InChI is InChI=1S/C8H11NO.ClH/c1-6(9)7-2-4-8(10)5-3-7;/h2-6,10H,9H2,1H3;1H. The zero-order valence-corrected chi connectivity index (χ0v) is 7.14. The molecule has 0 spiro atoms. The van der Waals surface area contributed by atoms with Crippen LogP contribution in [0.1, 0.15) is 18.5 Å². The molecule has 0 saturated heterocycles. The van der Waals surface area contributed by atoms with Gasteiger partial charge in [0.15, 0.2) is 0 Å². The van der Waals surface area contributed by atoms with Crippen molar-refractivity contribution in [2.45, 2.75) is 13.0 Å². The van der Waals surface area contributed by atoms with Crippen LogP contribution in [-0.4, -0.2) is 5.11 Å². The first kappa shape index (κ1) is 10.3. The second-order valence-electron chi connectivity index (χ2n) is 2.38. The Kier molecular flexibility index (Phi) is 3.93. The van der Waals surface area contributed by atoms with E-state index in [-0.39, 0.29) is 24.2 Å². The Hall–Kier alpha value is -0.730. The molecule has 1 atom stereocenters. The Morgan fingerprint density at radius 3 is 2.09 bits per heavy atom. The first-order chi connectivity index (χ1) is 4.70.